The first-order valence-electron chi connectivity index (χ1n) is 12.3. The number of hydrogen-bond acceptors (Lipinski definition) is 9. The van der Waals surface area contributed by atoms with Crippen LogP contribution in [-0.4, -0.2) is 75.6 Å². The molecule has 0 spiro atoms. The van der Waals surface area contributed by atoms with Gasteiger partial charge in [0.2, 0.25) is 0 Å². The van der Waals surface area contributed by atoms with Crippen molar-refractivity contribution in [3.05, 3.63) is 48.5 Å². The van der Waals surface area contributed by atoms with Crippen LogP contribution in [0.25, 0.3) is 28.2 Å². The molecule has 2 fully saturated rings. The molecule has 1 saturated heterocycles. The highest BCUT2D eigenvalue weighted by atomic mass is 16.6. The van der Waals surface area contributed by atoms with E-state index in [1.54, 1.807) is 15.4 Å². The van der Waals surface area contributed by atoms with Crippen LogP contribution >= 0.6 is 0 Å². The van der Waals surface area contributed by atoms with E-state index in [1.807, 2.05) is 25.3 Å². The summed E-state index contributed by atoms with van der Waals surface area (Å²) < 4.78 is 8.94. The summed E-state index contributed by atoms with van der Waals surface area (Å²) in [4.78, 5) is 14.0. The number of nitrogens with zero attached hydrogens (tertiary/aromatic N) is 6. The summed E-state index contributed by atoms with van der Waals surface area (Å²) in [5.74, 6) is 0.926. The van der Waals surface area contributed by atoms with Gasteiger partial charge in [0, 0.05) is 17.8 Å². The lowest BCUT2D eigenvalue weighted by Gasteiger charge is -2.18. The molecule has 3 aromatic heterocycles. The average Bonchev–Trinajstić information content (AvgIpc) is 3.68. The molecule has 0 amide bonds. The van der Waals surface area contributed by atoms with Gasteiger partial charge in [0.15, 0.2) is 23.2 Å². The first kappa shape index (κ1) is 23.0. The van der Waals surface area contributed by atoms with E-state index in [-0.39, 0.29) is 6.04 Å². The van der Waals surface area contributed by atoms with Crippen LogP contribution in [0.4, 0.5) is 5.82 Å². The van der Waals surface area contributed by atoms with Gasteiger partial charge in [-0.05, 0) is 25.3 Å². The molecule has 2 aliphatic rings. The van der Waals surface area contributed by atoms with Crippen molar-refractivity contribution in [2.75, 3.05) is 11.9 Å². The molecule has 11 nitrogen and oxygen atoms in total. The Hall–Kier alpha value is -3.38. The molecule has 6 rings (SSSR count). The zero-order chi connectivity index (χ0) is 24.8. The van der Waals surface area contributed by atoms with E-state index in [0.29, 0.717) is 22.9 Å². The van der Waals surface area contributed by atoms with Crippen LogP contribution in [0.3, 0.4) is 0 Å². The summed E-state index contributed by atoms with van der Waals surface area (Å²) in [5, 5.41) is 38.4. The highest BCUT2D eigenvalue weighted by molar-refractivity contribution is 5.84. The third kappa shape index (κ3) is 4.03. The van der Waals surface area contributed by atoms with Crippen molar-refractivity contribution in [1.29, 1.82) is 0 Å². The Balaban J connectivity index is 1.43. The van der Waals surface area contributed by atoms with Crippen LogP contribution in [0.5, 0.6) is 0 Å². The molecule has 11 heteroatoms. The maximum absolute atomic E-state index is 10.6. The van der Waals surface area contributed by atoms with Crippen molar-refractivity contribution in [1.82, 2.24) is 29.3 Å². The number of aliphatic hydroxyl groups excluding tert-OH is 3. The number of anilines is 1. The van der Waals surface area contributed by atoms with E-state index in [4.69, 9.17) is 14.7 Å². The fourth-order valence-electron chi connectivity index (χ4n) is 4.99. The molecule has 188 valence electrons. The topological polar surface area (TPSA) is 143 Å². The second kappa shape index (κ2) is 9.25. The Morgan fingerprint density at radius 1 is 1.06 bits per heavy atom. The van der Waals surface area contributed by atoms with Gasteiger partial charge in [-0.3, -0.25) is 4.57 Å². The maximum Gasteiger partial charge on any atom is 0.254 e. The highest BCUT2D eigenvalue weighted by Gasteiger charge is 2.44. The van der Waals surface area contributed by atoms with Crippen LogP contribution in [0.2, 0.25) is 0 Å². The third-order valence-corrected chi connectivity index (χ3v) is 7.07. The Morgan fingerprint density at radius 3 is 2.56 bits per heavy atom. The standard InChI is InChI=1S/C25H29N7O4/c1-14-6-8-15(9-7-14)16-10-27-32(11-16)25-29-22(28-17-4-2-3-5-17)19-23(30-25)31(13-26-19)24-21(35)20(34)18(12-33)36-24/h6-11,13,17-18,20-21,24,33-35H,2-5,12H2,1H3,(H,28,29,30)/t18-,20-,21-,24-/m1/s1. The molecule has 0 bridgehead atoms. The van der Waals surface area contributed by atoms with Crippen molar-refractivity contribution in [2.24, 2.45) is 0 Å². The summed E-state index contributed by atoms with van der Waals surface area (Å²) in [6.45, 7) is 1.64. The number of aliphatic hydroxyl groups is 3. The van der Waals surface area contributed by atoms with Crippen molar-refractivity contribution < 1.29 is 20.1 Å². The second-order valence-electron chi connectivity index (χ2n) is 9.59. The van der Waals surface area contributed by atoms with Gasteiger partial charge in [-0.1, -0.05) is 42.7 Å². The predicted molar refractivity (Wildman–Crippen MR) is 132 cm³/mol. The molecule has 1 aliphatic heterocycles. The average molecular weight is 492 g/mol. The molecule has 36 heavy (non-hydrogen) atoms. The van der Waals surface area contributed by atoms with Gasteiger partial charge in [-0.15, -0.1) is 0 Å². The van der Waals surface area contributed by atoms with Crippen molar-refractivity contribution in [3.63, 3.8) is 0 Å². The molecule has 4 atom stereocenters. The van der Waals surface area contributed by atoms with Gasteiger partial charge in [-0.25, -0.2) is 9.67 Å². The number of rotatable bonds is 6. The number of hydrogen-bond donors (Lipinski definition) is 4. The molecule has 1 aromatic carbocycles. The zero-order valence-electron chi connectivity index (χ0n) is 19.9. The molecule has 4 aromatic rings. The van der Waals surface area contributed by atoms with Crippen molar-refractivity contribution in [2.45, 2.75) is 63.2 Å². The van der Waals surface area contributed by atoms with E-state index in [1.165, 1.54) is 11.9 Å². The monoisotopic (exact) mass is 491 g/mol. The number of aromatic nitrogens is 6. The summed E-state index contributed by atoms with van der Waals surface area (Å²) >= 11 is 0. The predicted octanol–water partition coefficient (Wildman–Crippen LogP) is 1.95. The van der Waals surface area contributed by atoms with Crippen molar-refractivity contribution >= 4 is 17.0 Å². The van der Waals surface area contributed by atoms with E-state index in [2.05, 4.69) is 27.5 Å². The van der Waals surface area contributed by atoms with E-state index < -0.39 is 31.1 Å². The van der Waals surface area contributed by atoms with Gasteiger partial charge in [0.1, 0.15) is 18.3 Å². The summed E-state index contributed by atoms with van der Waals surface area (Å²) in [6.07, 6.45) is 5.26. The lowest BCUT2D eigenvalue weighted by molar-refractivity contribution is -0.0511. The first-order valence-corrected chi connectivity index (χ1v) is 12.3. The van der Waals surface area contributed by atoms with Crippen LogP contribution in [0.15, 0.2) is 43.0 Å². The molecule has 1 saturated carbocycles. The normalized spacial score (nSPS) is 24.7. The molecule has 0 unspecified atom stereocenters. The van der Waals surface area contributed by atoms with E-state index >= 15 is 0 Å². The molecule has 4 N–H and O–H groups in total. The largest absolute Gasteiger partial charge is 0.394 e. The number of fused-ring (bicyclic) bond motifs is 1. The molecular weight excluding hydrogens is 462 g/mol. The van der Waals surface area contributed by atoms with Crippen molar-refractivity contribution in [3.8, 4) is 17.1 Å². The van der Waals surface area contributed by atoms with Crippen LogP contribution in [0, 0.1) is 6.92 Å². The number of nitrogens with one attached hydrogen (secondary N) is 1. The van der Waals surface area contributed by atoms with Gasteiger partial charge in [0.25, 0.3) is 5.95 Å². The molecule has 0 radical (unpaired) electrons. The lowest BCUT2D eigenvalue weighted by atomic mass is 10.1. The quantitative estimate of drug-likeness (QED) is 0.318. The van der Waals surface area contributed by atoms with E-state index in [0.717, 1.165) is 36.8 Å². The minimum atomic E-state index is -1.25. The molecular formula is C25H29N7O4. The third-order valence-electron chi connectivity index (χ3n) is 7.07. The number of ether oxygens (including phenoxy) is 1. The highest BCUT2D eigenvalue weighted by Crippen LogP contribution is 2.33. The molecule has 1 aliphatic carbocycles. The Bertz CT molecular complexity index is 1360. The maximum atomic E-state index is 10.6. The van der Waals surface area contributed by atoms with E-state index in [9.17, 15) is 15.3 Å². The van der Waals surface area contributed by atoms with Gasteiger partial charge >= 0.3 is 0 Å². The smallest absolute Gasteiger partial charge is 0.254 e. The Labute approximate surface area is 207 Å². The second-order valence-corrected chi connectivity index (χ2v) is 9.59. The summed E-state index contributed by atoms with van der Waals surface area (Å²) in [6, 6.07) is 8.49. The van der Waals surface area contributed by atoms with Crippen LogP contribution < -0.4 is 5.32 Å². The number of imidazole rings is 1. The first-order chi connectivity index (χ1) is 17.5. The van der Waals surface area contributed by atoms with Gasteiger partial charge < -0.3 is 25.4 Å². The minimum Gasteiger partial charge on any atom is -0.394 e. The number of aryl methyl sites for hydroxylation is 1. The number of benzene rings is 1. The molecule has 4 heterocycles. The SMILES string of the molecule is Cc1ccc(-c2cnn(-c3nc(NC4CCCC4)c4ncn([C@@H]5O[C@H](CO)[C@@H](O)[C@H]5O)c4n3)c2)cc1. The Kier molecular flexibility index (Phi) is 5.92. The lowest BCUT2D eigenvalue weighted by Crippen LogP contribution is -2.33. The minimum absolute atomic E-state index is 0.288. The summed E-state index contributed by atoms with van der Waals surface area (Å²) in [7, 11) is 0. The zero-order valence-corrected chi connectivity index (χ0v) is 19.9. The van der Waals surface area contributed by atoms with Crippen LogP contribution in [0.1, 0.15) is 37.5 Å². The Morgan fingerprint density at radius 2 is 1.83 bits per heavy atom. The van der Waals surface area contributed by atoms with Crippen LogP contribution in [-0.2, 0) is 4.74 Å². The van der Waals surface area contributed by atoms with Gasteiger partial charge in [0.05, 0.1) is 19.1 Å². The summed E-state index contributed by atoms with van der Waals surface area (Å²) in [5.41, 5.74) is 4.12. The fraction of sp³-hybridized carbons (Fsp3) is 0.440. The fourth-order valence-corrected chi connectivity index (χ4v) is 4.99. The van der Waals surface area contributed by atoms with Gasteiger partial charge in [-0.2, -0.15) is 15.1 Å².